The van der Waals surface area contributed by atoms with Crippen molar-refractivity contribution >= 4 is 22.6 Å². The molecule has 19 heavy (non-hydrogen) atoms. The maximum absolute atomic E-state index is 4.81. The van der Waals surface area contributed by atoms with Gasteiger partial charge in [-0.1, -0.05) is 60.7 Å². The zero-order valence-corrected chi connectivity index (χ0v) is 12.4. The van der Waals surface area contributed by atoms with Gasteiger partial charge in [-0.05, 0) is 34.7 Å². The summed E-state index contributed by atoms with van der Waals surface area (Å²) < 4.78 is 1.17. The predicted octanol–water partition coefficient (Wildman–Crippen LogP) is 5.02. The summed E-state index contributed by atoms with van der Waals surface area (Å²) in [5.74, 6) is 0. The van der Waals surface area contributed by atoms with Gasteiger partial charge in [0.05, 0.1) is 11.4 Å². The molecule has 92 valence electrons. The molecular formula is C17H12IN. The molecule has 0 bridgehead atoms. The molecule has 0 saturated carbocycles. The molecule has 2 aromatic carbocycles. The summed E-state index contributed by atoms with van der Waals surface area (Å²) in [4.78, 5) is 4.81. The van der Waals surface area contributed by atoms with E-state index in [0.29, 0.717) is 0 Å². The van der Waals surface area contributed by atoms with Crippen LogP contribution in [0.5, 0.6) is 0 Å². The van der Waals surface area contributed by atoms with Crippen LogP contribution in [-0.2, 0) is 0 Å². The fourth-order valence-electron chi connectivity index (χ4n) is 2.01. The number of hydrogen-bond acceptors (Lipinski definition) is 1. The molecule has 0 unspecified atom stereocenters. The molecule has 0 atom stereocenters. The fourth-order valence-corrected chi connectivity index (χ4v) is 2.62. The van der Waals surface area contributed by atoms with Crippen LogP contribution in [0.4, 0.5) is 0 Å². The van der Waals surface area contributed by atoms with E-state index in [1.165, 1.54) is 3.57 Å². The molecule has 1 aromatic heterocycles. The lowest BCUT2D eigenvalue weighted by atomic mass is 10.1. The van der Waals surface area contributed by atoms with E-state index in [2.05, 4.69) is 59.0 Å². The highest BCUT2D eigenvalue weighted by atomic mass is 127. The number of rotatable bonds is 2. The monoisotopic (exact) mass is 357 g/mol. The molecule has 1 nitrogen and oxygen atoms in total. The van der Waals surface area contributed by atoms with Crippen molar-refractivity contribution in [1.29, 1.82) is 0 Å². The molecular weight excluding hydrogens is 345 g/mol. The fraction of sp³-hybridized carbons (Fsp3) is 0. The van der Waals surface area contributed by atoms with Gasteiger partial charge in [0.15, 0.2) is 0 Å². The van der Waals surface area contributed by atoms with Gasteiger partial charge in [0.1, 0.15) is 0 Å². The first kappa shape index (κ1) is 12.4. The zero-order chi connectivity index (χ0) is 13.1. The number of benzene rings is 2. The largest absolute Gasteiger partial charge is 0.247 e. The predicted molar refractivity (Wildman–Crippen MR) is 87.8 cm³/mol. The standard InChI is InChI=1S/C17H12IN/c18-15-11-12-16(13-7-3-1-4-8-13)19-17(15)14-9-5-2-6-10-14/h1-12H. The van der Waals surface area contributed by atoms with Gasteiger partial charge in [-0.15, -0.1) is 0 Å². The Labute approximate surface area is 126 Å². The Morgan fingerprint density at radius 2 is 1.21 bits per heavy atom. The molecule has 0 amide bonds. The Hall–Kier alpha value is -1.68. The average Bonchev–Trinajstić information content (AvgIpc) is 2.49. The van der Waals surface area contributed by atoms with Gasteiger partial charge in [-0.3, -0.25) is 0 Å². The maximum Gasteiger partial charge on any atom is 0.0842 e. The Balaban J connectivity index is 2.12. The molecule has 2 heteroatoms. The highest BCUT2D eigenvalue weighted by Gasteiger charge is 2.07. The van der Waals surface area contributed by atoms with Crippen molar-refractivity contribution in [3.8, 4) is 22.5 Å². The smallest absolute Gasteiger partial charge is 0.0842 e. The first-order valence-corrected chi connectivity index (χ1v) is 7.20. The van der Waals surface area contributed by atoms with Crippen LogP contribution >= 0.6 is 22.6 Å². The number of nitrogens with zero attached hydrogens (tertiary/aromatic N) is 1. The van der Waals surface area contributed by atoms with E-state index in [0.717, 1.165) is 22.5 Å². The van der Waals surface area contributed by atoms with Gasteiger partial charge >= 0.3 is 0 Å². The molecule has 0 aliphatic rings. The highest BCUT2D eigenvalue weighted by molar-refractivity contribution is 14.1. The number of aromatic nitrogens is 1. The van der Waals surface area contributed by atoms with E-state index in [-0.39, 0.29) is 0 Å². The molecule has 0 fully saturated rings. The van der Waals surface area contributed by atoms with Crippen molar-refractivity contribution < 1.29 is 0 Å². The van der Waals surface area contributed by atoms with Gasteiger partial charge in [0, 0.05) is 14.7 Å². The summed E-state index contributed by atoms with van der Waals surface area (Å²) in [6, 6.07) is 24.8. The van der Waals surface area contributed by atoms with Crippen molar-refractivity contribution in [2.24, 2.45) is 0 Å². The lowest BCUT2D eigenvalue weighted by Gasteiger charge is -2.07. The second kappa shape index (κ2) is 5.53. The van der Waals surface area contributed by atoms with E-state index in [1.54, 1.807) is 0 Å². The van der Waals surface area contributed by atoms with Crippen LogP contribution in [-0.4, -0.2) is 4.98 Å². The van der Waals surface area contributed by atoms with Crippen molar-refractivity contribution in [3.63, 3.8) is 0 Å². The zero-order valence-electron chi connectivity index (χ0n) is 10.3. The third kappa shape index (κ3) is 2.68. The highest BCUT2D eigenvalue weighted by Crippen LogP contribution is 2.26. The van der Waals surface area contributed by atoms with E-state index in [9.17, 15) is 0 Å². The average molecular weight is 357 g/mol. The second-order valence-electron chi connectivity index (χ2n) is 4.26. The molecule has 0 aliphatic heterocycles. The quantitative estimate of drug-likeness (QED) is 0.587. The third-order valence-corrected chi connectivity index (χ3v) is 3.83. The summed E-state index contributed by atoms with van der Waals surface area (Å²) in [6.45, 7) is 0. The normalized spacial score (nSPS) is 10.4. The lowest BCUT2D eigenvalue weighted by molar-refractivity contribution is 1.30. The van der Waals surface area contributed by atoms with Gasteiger partial charge in [0.25, 0.3) is 0 Å². The van der Waals surface area contributed by atoms with E-state index in [4.69, 9.17) is 4.98 Å². The minimum Gasteiger partial charge on any atom is -0.247 e. The molecule has 1 heterocycles. The molecule has 0 radical (unpaired) electrons. The Morgan fingerprint density at radius 3 is 1.84 bits per heavy atom. The van der Waals surface area contributed by atoms with Crippen LogP contribution in [0.2, 0.25) is 0 Å². The van der Waals surface area contributed by atoms with Crippen LogP contribution < -0.4 is 0 Å². The summed E-state index contributed by atoms with van der Waals surface area (Å²) in [5, 5.41) is 0. The number of pyridine rings is 1. The van der Waals surface area contributed by atoms with Crippen LogP contribution in [0, 0.1) is 3.57 Å². The minimum atomic E-state index is 1.01. The van der Waals surface area contributed by atoms with E-state index >= 15 is 0 Å². The summed E-state index contributed by atoms with van der Waals surface area (Å²) in [7, 11) is 0. The maximum atomic E-state index is 4.81. The van der Waals surface area contributed by atoms with Gasteiger partial charge in [-0.2, -0.15) is 0 Å². The molecule has 0 spiro atoms. The van der Waals surface area contributed by atoms with Crippen molar-refractivity contribution in [3.05, 3.63) is 76.4 Å². The lowest BCUT2D eigenvalue weighted by Crippen LogP contribution is -1.91. The van der Waals surface area contributed by atoms with Crippen LogP contribution in [0.15, 0.2) is 72.8 Å². The van der Waals surface area contributed by atoms with Crippen molar-refractivity contribution in [1.82, 2.24) is 4.98 Å². The SMILES string of the molecule is Ic1ccc(-c2ccccc2)nc1-c1ccccc1. The molecule has 0 N–H and O–H groups in total. The third-order valence-electron chi connectivity index (χ3n) is 2.96. The molecule has 0 aliphatic carbocycles. The second-order valence-corrected chi connectivity index (χ2v) is 5.42. The molecule has 3 aromatic rings. The van der Waals surface area contributed by atoms with E-state index < -0.39 is 0 Å². The Bertz CT molecular complexity index is 678. The first-order valence-electron chi connectivity index (χ1n) is 6.12. The minimum absolute atomic E-state index is 1.01. The van der Waals surface area contributed by atoms with Gasteiger partial charge < -0.3 is 0 Å². The summed E-state index contributed by atoms with van der Waals surface area (Å²) >= 11 is 2.34. The van der Waals surface area contributed by atoms with Crippen molar-refractivity contribution in [2.75, 3.05) is 0 Å². The Kier molecular flexibility index (Phi) is 3.60. The van der Waals surface area contributed by atoms with Gasteiger partial charge in [-0.25, -0.2) is 4.98 Å². The first-order chi connectivity index (χ1) is 9.34. The molecule has 3 rings (SSSR count). The topological polar surface area (TPSA) is 12.9 Å². The summed E-state index contributed by atoms with van der Waals surface area (Å²) in [5.41, 5.74) is 4.36. The molecule has 0 saturated heterocycles. The Morgan fingerprint density at radius 1 is 0.632 bits per heavy atom. The summed E-state index contributed by atoms with van der Waals surface area (Å²) in [6.07, 6.45) is 0. The number of halogens is 1. The number of hydrogen-bond donors (Lipinski definition) is 0. The van der Waals surface area contributed by atoms with Crippen LogP contribution in [0.1, 0.15) is 0 Å². The van der Waals surface area contributed by atoms with Crippen LogP contribution in [0.3, 0.4) is 0 Å². The van der Waals surface area contributed by atoms with Crippen molar-refractivity contribution in [2.45, 2.75) is 0 Å². The van der Waals surface area contributed by atoms with E-state index in [1.807, 2.05) is 36.4 Å². The van der Waals surface area contributed by atoms with Gasteiger partial charge in [0.2, 0.25) is 0 Å². The van der Waals surface area contributed by atoms with Crippen LogP contribution in [0.25, 0.3) is 22.5 Å².